The average molecular weight is 399 g/mol. The van der Waals surface area contributed by atoms with E-state index in [9.17, 15) is 4.79 Å². The second kappa shape index (κ2) is 6.52. The molecule has 1 aliphatic rings. The fourth-order valence-corrected chi connectivity index (χ4v) is 4.18. The number of hydrogen-bond donors (Lipinski definition) is 2. The fourth-order valence-electron chi connectivity index (χ4n) is 4.01. The number of nitrogens with one attached hydrogen (secondary N) is 2. The molecule has 144 valence electrons. The maximum atomic E-state index is 12.5. The van der Waals surface area contributed by atoms with Gasteiger partial charge in [0.1, 0.15) is 0 Å². The van der Waals surface area contributed by atoms with Crippen molar-refractivity contribution in [1.29, 1.82) is 0 Å². The third-order valence-electron chi connectivity index (χ3n) is 5.34. The zero-order valence-electron chi connectivity index (χ0n) is 15.3. The van der Waals surface area contributed by atoms with Crippen LogP contribution < -0.4 is 15.9 Å². The molecule has 0 bridgehead atoms. The van der Waals surface area contributed by atoms with Crippen LogP contribution in [0.1, 0.15) is 18.9 Å². The lowest BCUT2D eigenvalue weighted by Gasteiger charge is -2.33. The predicted molar refractivity (Wildman–Crippen MR) is 108 cm³/mol. The quantitative estimate of drug-likeness (QED) is 0.549. The number of halogens is 1. The third kappa shape index (κ3) is 2.62. The summed E-state index contributed by atoms with van der Waals surface area (Å²) in [4.78, 5) is 22.2. The molecule has 1 fully saturated rings. The van der Waals surface area contributed by atoms with Crippen molar-refractivity contribution >= 4 is 40.0 Å². The van der Waals surface area contributed by atoms with Gasteiger partial charge < -0.3 is 15.2 Å². The molecule has 5 rings (SSSR count). The Kier molecular flexibility index (Phi) is 3.97. The molecule has 10 heteroatoms. The Morgan fingerprint density at radius 1 is 1.25 bits per heavy atom. The second-order valence-electron chi connectivity index (χ2n) is 6.90. The van der Waals surface area contributed by atoms with Crippen molar-refractivity contribution in [2.45, 2.75) is 18.9 Å². The van der Waals surface area contributed by atoms with Gasteiger partial charge >= 0.3 is 5.69 Å². The van der Waals surface area contributed by atoms with Gasteiger partial charge in [-0.15, -0.1) is 10.2 Å². The number of aromatic nitrogens is 6. The monoisotopic (exact) mass is 398 g/mol. The minimum atomic E-state index is -0.0907. The first kappa shape index (κ1) is 17.1. The van der Waals surface area contributed by atoms with Crippen LogP contribution in [0, 0.1) is 0 Å². The number of nitrogens with zero attached hydrogens (tertiary/aromatic N) is 6. The van der Waals surface area contributed by atoms with E-state index < -0.39 is 0 Å². The summed E-state index contributed by atoms with van der Waals surface area (Å²) in [5.41, 5.74) is 2.30. The number of hydrogen-bond acceptors (Lipinski definition) is 6. The summed E-state index contributed by atoms with van der Waals surface area (Å²) in [6.45, 7) is 1.57. The number of fused-ring (bicyclic) bond motifs is 2. The van der Waals surface area contributed by atoms with Gasteiger partial charge in [-0.1, -0.05) is 11.6 Å². The molecule has 1 saturated heterocycles. The molecule has 1 aromatic carbocycles. The van der Waals surface area contributed by atoms with Gasteiger partial charge in [0.2, 0.25) is 11.6 Å². The molecule has 28 heavy (non-hydrogen) atoms. The number of aromatic amines is 1. The summed E-state index contributed by atoms with van der Waals surface area (Å²) in [6, 6.07) is 5.64. The van der Waals surface area contributed by atoms with E-state index in [1.165, 1.54) is 0 Å². The van der Waals surface area contributed by atoms with Gasteiger partial charge in [-0.25, -0.2) is 9.78 Å². The lowest BCUT2D eigenvalue weighted by molar-refractivity contribution is 0.395. The molecular weight excluding hydrogens is 380 g/mol. The highest BCUT2D eigenvalue weighted by Crippen LogP contribution is 2.29. The number of imidazole rings is 1. The van der Waals surface area contributed by atoms with Crippen LogP contribution in [0.15, 0.2) is 35.4 Å². The number of H-pyrrole nitrogens is 1. The highest BCUT2D eigenvalue weighted by atomic mass is 35.5. The van der Waals surface area contributed by atoms with Crippen LogP contribution in [0.4, 0.5) is 11.8 Å². The summed E-state index contributed by atoms with van der Waals surface area (Å²) < 4.78 is 3.75. The van der Waals surface area contributed by atoms with E-state index in [4.69, 9.17) is 11.6 Å². The van der Waals surface area contributed by atoms with Crippen molar-refractivity contribution in [3.05, 3.63) is 46.1 Å². The molecule has 3 aromatic heterocycles. The zero-order chi connectivity index (χ0) is 19.3. The summed E-state index contributed by atoms with van der Waals surface area (Å²) >= 11 is 6.05. The van der Waals surface area contributed by atoms with Gasteiger partial charge in [0.05, 0.1) is 11.0 Å². The highest BCUT2D eigenvalue weighted by molar-refractivity contribution is 6.31. The molecule has 0 atom stereocenters. The van der Waals surface area contributed by atoms with E-state index in [1.807, 2.05) is 34.3 Å². The molecule has 0 amide bonds. The second-order valence-corrected chi connectivity index (χ2v) is 7.33. The summed E-state index contributed by atoms with van der Waals surface area (Å²) in [6.07, 6.45) is 5.27. The van der Waals surface area contributed by atoms with Crippen LogP contribution >= 0.6 is 11.6 Å². The number of piperidine rings is 1. The van der Waals surface area contributed by atoms with E-state index in [0.29, 0.717) is 11.0 Å². The van der Waals surface area contributed by atoms with E-state index >= 15 is 0 Å². The Labute approximate surface area is 165 Å². The predicted octanol–water partition coefficient (Wildman–Crippen LogP) is 2.30. The van der Waals surface area contributed by atoms with Crippen LogP contribution in [-0.2, 0) is 0 Å². The molecule has 2 N–H and O–H groups in total. The molecule has 0 radical (unpaired) electrons. The lowest BCUT2D eigenvalue weighted by atomic mass is 10.0. The Hall–Kier alpha value is -3.07. The van der Waals surface area contributed by atoms with Crippen LogP contribution in [0.3, 0.4) is 0 Å². The largest absolute Gasteiger partial charge is 0.357 e. The molecular formula is C18H19ClN8O. The van der Waals surface area contributed by atoms with E-state index in [1.54, 1.807) is 12.3 Å². The maximum absolute atomic E-state index is 12.5. The zero-order valence-corrected chi connectivity index (χ0v) is 16.0. The van der Waals surface area contributed by atoms with E-state index in [-0.39, 0.29) is 11.7 Å². The molecule has 4 aromatic rings. The number of anilines is 2. The first-order valence-corrected chi connectivity index (χ1v) is 9.55. The van der Waals surface area contributed by atoms with Crippen molar-refractivity contribution in [2.24, 2.45) is 0 Å². The van der Waals surface area contributed by atoms with Gasteiger partial charge in [0, 0.05) is 43.6 Å². The van der Waals surface area contributed by atoms with Gasteiger partial charge in [0.25, 0.3) is 0 Å². The summed E-state index contributed by atoms with van der Waals surface area (Å²) in [5.74, 6) is 1.49. The average Bonchev–Trinajstić information content (AvgIpc) is 3.27. The van der Waals surface area contributed by atoms with Crippen LogP contribution in [0.2, 0.25) is 5.02 Å². The van der Waals surface area contributed by atoms with Crippen molar-refractivity contribution in [2.75, 3.05) is 30.4 Å². The number of benzene rings is 1. The topological polar surface area (TPSA) is 96.1 Å². The smallest absolute Gasteiger partial charge is 0.326 e. The Morgan fingerprint density at radius 2 is 2.07 bits per heavy atom. The van der Waals surface area contributed by atoms with Gasteiger partial charge in [-0.3, -0.25) is 8.97 Å². The minimum absolute atomic E-state index is 0.0907. The maximum Gasteiger partial charge on any atom is 0.326 e. The first-order chi connectivity index (χ1) is 13.7. The lowest BCUT2D eigenvalue weighted by Crippen LogP contribution is -2.37. The first-order valence-electron chi connectivity index (χ1n) is 9.18. The molecule has 9 nitrogen and oxygen atoms in total. The molecule has 0 saturated carbocycles. The molecule has 0 unspecified atom stereocenters. The minimum Gasteiger partial charge on any atom is -0.357 e. The Morgan fingerprint density at radius 3 is 2.86 bits per heavy atom. The van der Waals surface area contributed by atoms with Crippen LogP contribution in [-0.4, -0.2) is 49.3 Å². The normalized spacial score (nSPS) is 15.6. The molecule has 0 aliphatic carbocycles. The third-order valence-corrected chi connectivity index (χ3v) is 5.57. The van der Waals surface area contributed by atoms with Crippen molar-refractivity contribution < 1.29 is 0 Å². The summed E-state index contributed by atoms with van der Waals surface area (Å²) in [7, 11) is 1.81. The standard InChI is InChI=1S/C18H19ClN8O/c1-20-17-24-23-16-15(21-6-9-26(16)17)25-7-4-12(5-8-25)27-14-3-2-11(19)10-13(14)22-18(27)28/h2-3,6,9-10,12H,4-5,7-8H2,1H3,(H,20,24)(H,22,28). The summed E-state index contributed by atoms with van der Waals surface area (Å²) in [5, 5.41) is 12.1. The van der Waals surface area contributed by atoms with Crippen LogP contribution in [0.5, 0.6) is 0 Å². The Bertz CT molecular complexity index is 1220. The molecule has 1 aliphatic heterocycles. The van der Waals surface area contributed by atoms with Crippen molar-refractivity contribution in [1.82, 2.24) is 29.1 Å². The van der Waals surface area contributed by atoms with E-state index in [2.05, 4.69) is 30.4 Å². The van der Waals surface area contributed by atoms with Gasteiger partial charge in [-0.05, 0) is 31.0 Å². The Balaban J connectivity index is 1.43. The van der Waals surface area contributed by atoms with Crippen molar-refractivity contribution in [3.63, 3.8) is 0 Å². The fraction of sp³-hybridized carbons (Fsp3) is 0.333. The number of rotatable bonds is 3. The molecule has 4 heterocycles. The van der Waals surface area contributed by atoms with Gasteiger partial charge in [-0.2, -0.15) is 0 Å². The van der Waals surface area contributed by atoms with E-state index in [0.717, 1.165) is 48.4 Å². The van der Waals surface area contributed by atoms with Gasteiger partial charge in [0.15, 0.2) is 5.82 Å². The van der Waals surface area contributed by atoms with Crippen molar-refractivity contribution in [3.8, 4) is 0 Å². The molecule has 0 spiro atoms. The SMILES string of the molecule is CNc1nnc2c(N3CCC(n4c(=O)[nH]c5cc(Cl)ccc54)CC3)nccn12. The highest BCUT2D eigenvalue weighted by Gasteiger charge is 2.26. The van der Waals surface area contributed by atoms with Crippen LogP contribution in [0.25, 0.3) is 16.7 Å².